The van der Waals surface area contributed by atoms with Gasteiger partial charge >= 0.3 is 5.97 Å². The van der Waals surface area contributed by atoms with E-state index in [-0.39, 0.29) is 18.5 Å². The minimum atomic E-state index is -0.665. The minimum absolute atomic E-state index is 0.00643. The van der Waals surface area contributed by atoms with Gasteiger partial charge in [-0.3, -0.25) is 9.59 Å². The molecular weight excluding hydrogens is 755 g/mol. The fourth-order valence-electron chi connectivity index (χ4n) is 8.32. The molecule has 0 bridgehead atoms. The number of hydrogen-bond acceptors (Lipinski definition) is 5. The van der Waals surface area contributed by atoms with Gasteiger partial charge in [0.05, 0.1) is 25.4 Å². The number of carbonyl (C=O) groups excluding carboxylic acids is 2. The molecule has 0 rings (SSSR count). The molecule has 0 aromatic carbocycles. The molecule has 0 heterocycles. The summed E-state index contributed by atoms with van der Waals surface area (Å²) in [4.78, 5) is 24.4. The maximum atomic E-state index is 12.4. The third-order valence-corrected chi connectivity index (χ3v) is 12.5. The molecule has 61 heavy (non-hydrogen) atoms. The molecule has 360 valence electrons. The van der Waals surface area contributed by atoms with E-state index in [4.69, 9.17) is 4.74 Å². The van der Waals surface area contributed by atoms with Crippen LogP contribution >= 0.6 is 0 Å². The lowest BCUT2D eigenvalue weighted by Crippen LogP contribution is -2.45. The first kappa shape index (κ1) is 59.3. The normalized spacial score (nSPS) is 12.8. The number of esters is 1. The van der Waals surface area contributed by atoms with E-state index in [1.807, 2.05) is 0 Å². The van der Waals surface area contributed by atoms with Crippen LogP contribution in [0.2, 0.25) is 0 Å². The Morgan fingerprint density at radius 3 is 1.31 bits per heavy atom. The smallest absolute Gasteiger partial charge is 0.305 e. The maximum absolute atomic E-state index is 12.4. The predicted molar refractivity (Wildman–Crippen MR) is 264 cm³/mol. The molecule has 0 fully saturated rings. The van der Waals surface area contributed by atoms with Gasteiger partial charge < -0.3 is 20.3 Å². The SMILES string of the molecule is CCC/C=C\C/C=C\CCCCCCCC(=O)OCCCCCCCCCCCCCCCCCCCCCC(=O)NC(CO)C(O)CCCCCCCCCCCCCC. The second-order valence-corrected chi connectivity index (χ2v) is 18.6. The summed E-state index contributed by atoms with van der Waals surface area (Å²) >= 11 is 0. The predicted octanol–water partition coefficient (Wildman–Crippen LogP) is 16.3. The van der Waals surface area contributed by atoms with Crippen LogP contribution in [0.15, 0.2) is 24.3 Å². The fourth-order valence-corrected chi connectivity index (χ4v) is 8.32. The fraction of sp³-hybridized carbons (Fsp3) is 0.891. The van der Waals surface area contributed by atoms with Crippen LogP contribution in [0.4, 0.5) is 0 Å². The molecule has 0 aliphatic heterocycles. The van der Waals surface area contributed by atoms with E-state index in [0.29, 0.717) is 25.9 Å². The highest BCUT2D eigenvalue weighted by Crippen LogP contribution is 2.17. The van der Waals surface area contributed by atoms with Crippen molar-refractivity contribution in [1.82, 2.24) is 5.32 Å². The number of allylic oxidation sites excluding steroid dienone is 4. The lowest BCUT2D eigenvalue weighted by Gasteiger charge is -2.22. The summed E-state index contributed by atoms with van der Waals surface area (Å²) < 4.78 is 5.46. The average molecular weight is 860 g/mol. The van der Waals surface area contributed by atoms with Crippen molar-refractivity contribution in [2.45, 2.75) is 302 Å². The third kappa shape index (κ3) is 47.7. The monoisotopic (exact) mass is 860 g/mol. The number of aliphatic hydroxyl groups excluding tert-OH is 2. The van der Waals surface area contributed by atoms with Gasteiger partial charge in [0.1, 0.15) is 0 Å². The van der Waals surface area contributed by atoms with E-state index in [1.54, 1.807) is 0 Å². The molecule has 0 aromatic heterocycles. The zero-order valence-corrected chi connectivity index (χ0v) is 40.9. The molecule has 0 spiro atoms. The maximum Gasteiger partial charge on any atom is 0.305 e. The minimum Gasteiger partial charge on any atom is -0.466 e. The number of ether oxygens (including phenoxy) is 1. The summed E-state index contributed by atoms with van der Waals surface area (Å²) in [6, 6.07) is -0.542. The first-order valence-electron chi connectivity index (χ1n) is 27.1. The van der Waals surface area contributed by atoms with Crippen molar-refractivity contribution < 1.29 is 24.5 Å². The van der Waals surface area contributed by atoms with Crippen LogP contribution in [-0.4, -0.2) is 47.4 Å². The zero-order chi connectivity index (χ0) is 44.4. The number of nitrogens with one attached hydrogen (secondary N) is 1. The van der Waals surface area contributed by atoms with Crippen molar-refractivity contribution >= 4 is 11.9 Å². The summed E-state index contributed by atoms with van der Waals surface area (Å²) in [6.45, 7) is 4.87. The van der Waals surface area contributed by atoms with Gasteiger partial charge in [0, 0.05) is 12.8 Å². The molecule has 6 heteroatoms. The van der Waals surface area contributed by atoms with Crippen LogP contribution < -0.4 is 5.32 Å². The molecular formula is C55H105NO5. The van der Waals surface area contributed by atoms with E-state index in [0.717, 1.165) is 51.4 Å². The first-order valence-corrected chi connectivity index (χ1v) is 27.1. The molecule has 0 saturated heterocycles. The van der Waals surface area contributed by atoms with Crippen molar-refractivity contribution in [3.63, 3.8) is 0 Å². The number of amides is 1. The van der Waals surface area contributed by atoms with Gasteiger partial charge in [-0.15, -0.1) is 0 Å². The standard InChI is InChI=1S/C55H105NO5/c1-3-5-7-9-11-13-15-24-29-33-37-41-45-49-55(60)61-50-46-42-38-34-30-26-23-21-19-17-18-20-22-25-28-32-36-40-44-48-54(59)56-52(51-57)53(58)47-43-39-35-31-27-16-14-12-10-8-6-4-2/h7,9,13,15,52-53,57-58H,3-6,8,10-12,14,16-51H2,1-2H3,(H,56,59)/b9-7-,15-13-. The Hall–Kier alpha value is -1.66. The molecule has 3 N–H and O–H groups in total. The summed E-state index contributed by atoms with van der Waals surface area (Å²) in [5.41, 5.74) is 0. The van der Waals surface area contributed by atoms with Crippen LogP contribution in [-0.2, 0) is 14.3 Å². The molecule has 0 aromatic rings. The number of hydrogen-bond donors (Lipinski definition) is 3. The van der Waals surface area contributed by atoms with Crippen LogP contribution in [0.5, 0.6) is 0 Å². The van der Waals surface area contributed by atoms with Crippen molar-refractivity contribution in [1.29, 1.82) is 0 Å². The van der Waals surface area contributed by atoms with Crippen molar-refractivity contribution in [3.05, 3.63) is 24.3 Å². The number of unbranched alkanes of at least 4 members (excludes halogenated alkanes) is 35. The Morgan fingerprint density at radius 1 is 0.459 bits per heavy atom. The highest BCUT2D eigenvalue weighted by Gasteiger charge is 2.20. The third-order valence-electron chi connectivity index (χ3n) is 12.5. The molecule has 0 radical (unpaired) electrons. The highest BCUT2D eigenvalue weighted by atomic mass is 16.5. The van der Waals surface area contributed by atoms with Gasteiger partial charge in [0.25, 0.3) is 0 Å². The van der Waals surface area contributed by atoms with Crippen LogP contribution in [0.1, 0.15) is 290 Å². The average Bonchev–Trinajstić information content (AvgIpc) is 3.26. The van der Waals surface area contributed by atoms with E-state index in [9.17, 15) is 19.8 Å². The van der Waals surface area contributed by atoms with E-state index >= 15 is 0 Å². The van der Waals surface area contributed by atoms with Gasteiger partial charge in [-0.05, 0) is 51.4 Å². The molecule has 2 unspecified atom stereocenters. The van der Waals surface area contributed by atoms with Crippen molar-refractivity contribution in [2.75, 3.05) is 13.2 Å². The Morgan fingerprint density at radius 2 is 0.852 bits per heavy atom. The molecule has 0 saturated carbocycles. The first-order chi connectivity index (χ1) is 30.0. The number of aliphatic hydroxyl groups is 2. The number of rotatable bonds is 50. The second-order valence-electron chi connectivity index (χ2n) is 18.6. The largest absolute Gasteiger partial charge is 0.466 e. The van der Waals surface area contributed by atoms with Gasteiger partial charge in [0.15, 0.2) is 0 Å². The Labute approximate surface area is 380 Å². The molecule has 0 aliphatic rings. The highest BCUT2D eigenvalue weighted by molar-refractivity contribution is 5.76. The molecule has 1 amide bonds. The van der Waals surface area contributed by atoms with Crippen LogP contribution in [0, 0.1) is 0 Å². The Bertz CT molecular complexity index is 951. The van der Waals surface area contributed by atoms with Crippen molar-refractivity contribution in [3.8, 4) is 0 Å². The summed E-state index contributed by atoms with van der Waals surface area (Å²) in [7, 11) is 0. The Kier molecular flexibility index (Phi) is 49.6. The van der Waals surface area contributed by atoms with E-state index < -0.39 is 12.1 Å². The summed E-state index contributed by atoms with van der Waals surface area (Å²) in [5.74, 6) is -0.0449. The van der Waals surface area contributed by atoms with Crippen LogP contribution in [0.3, 0.4) is 0 Å². The lowest BCUT2D eigenvalue weighted by molar-refractivity contribution is -0.143. The number of carbonyl (C=O) groups is 2. The van der Waals surface area contributed by atoms with Gasteiger partial charge in [0.2, 0.25) is 5.91 Å². The second kappa shape index (κ2) is 51.0. The molecule has 0 aliphatic carbocycles. The van der Waals surface area contributed by atoms with E-state index in [2.05, 4.69) is 43.5 Å². The zero-order valence-electron chi connectivity index (χ0n) is 40.9. The van der Waals surface area contributed by atoms with Crippen LogP contribution in [0.25, 0.3) is 0 Å². The van der Waals surface area contributed by atoms with Crippen molar-refractivity contribution in [2.24, 2.45) is 0 Å². The summed E-state index contributed by atoms with van der Waals surface area (Å²) in [6.07, 6.45) is 60.1. The summed E-state index contributed by atoms with van der Waals surface area (Å²) in [5, 5.41) is 23.2. The quantitative estimate of drug-likeness (QED) is 0.0322. The molecule has 2 atom stereocenters. The lowest BCUT2D eigenvalue weighted by atomic mass is 10.0. The van der Waals surface area contributed by atoms with Gasteiger partial charge in [-0.25, -0.2) is 0 Å². The van der Waals surface area contributed by atoms with Gasteiger partial charge in [-0.2, -0.15) is 0 Å². The molecule has 6 nitrogen and oxygen atoms in total. The van der Waals surface area contributed by atoms with E-state index in [1.165, 1.54) is 205 Å². The topological polar surface area (TPSA) is 95.9 Å². The van der Waals surface area contributed by atoms with Gasteiger partial charge in [-0.1, -0.05) is 250 Å². The Balaban J connectivity index is 3.40.